The molecule has 2 aromatic carbocycles. The Kier molecular flexibility index (Phi) is 8.44. The van der Waals surface area contributed by atoms with Gasteiger partial charge in [-0.05, 0) is 68.8 Å². The van der Waals surface area contributed by atoms with E-state index in [-0.39, 0.29) is 35.2 Å². The Morgan fingerprint density at radius 3 is 2.67 bits per heavy atom. The van der Waals surface area contributed by atoms with Crippen LogP contribution >= 0.6 is 0 Å². The van der Waals surface area contributed by atoms with Crippen molar-refractivity contribution in [2.75, 3.05) is 30.8 Å². The third-order valence-electron chi connectivity index (χ3n) is 6.85. The average Bonchev–Trinajstić information content (AvgIpc) is 3.43. The van der Waals surface area contributed by atoms with Gasteiger partial charge in [-0.25, -0.2) is 19.3 Å². The van der Waals surface area contributed by atoms with Gasteiger partial charge in [0, 0.05) is 36.7 Å². The van der Waals surface area contributed by atoms with Crippen LogP contribution in [0, 0.1) is 5.82 Å². The first kappa shape index (κ1) is 29.7. The lowest BCUT2D eigenvalue weighted by molar-refractivity contribution is -0.137. The lowest BCUT2D eigenvalue weighted by atomic mass is 10.0. The monoisotopic (exact) mass is 596 g/mol. The molecule has 9 nitrogen and oxygen atoms in total. The summed E-state index contributed by atoms with van der Waals surface area (Å²) in [5, 5.41) is 8.47. The van der Waals surface area contributed by atoms with E-state index in [1.54, 1.807) is 25.2 Å². The van der Waals surface area contributed by atoms with E-state index in [0.717, 1.165) is 31.5 Å². The molecule has 0 aliphatic carbocycles. The number of carbonyl (C=O) groups is 1. The molecule has 1 fully saturated rings. The molecular weight excluding hydrogens is 568 g/mol. The second-order valence-corrected chi connectivity index (χ2v) is 10.2. The minimum absolute atomic E-state index is 0.0184. The molecule has 43 heavy (non-hydrogen) atoms. The molecule has 2 aromatic heterocycles. The fraction of sp³-hybridized carbons (Fsp3) is 0.267. The Morgan fingerprint density at radius 2 is 1.93 bits per heavy atom. The van der Waals surface area contributed by atoms with Gasteiger partial charge in [-0.1, -0.05) is 6.07 Å². The van der Waals surface area contributed by atoms with Crippen LogP contribution in [0.2, 0.25) is 0 Å². The van der Waals surface area contributed by atoms with Crippen molar-refractivity contribution in [1.29, 1.82) is 0 Å². The van der Waals surface area contributed by atoms with Gasteiger partial charge >= 0.3 is 6.18 Å². The first-order chi connectivity index (χ1) is 20.5. The van der Waals surface area contributed by atoms with Gasteiger partial charge in [0.2, 0.25) is 11.8 Å². The molecule has 1 saturated heterocycles. The fourth-order valence-electron chi connectivity index (χ4n) is 4.60. The van der Waals surface area contributed by atoms with Gasteiger partial charge in [-0.15, -0.1) is 0 Å². The second kappa shape index (κ2) is 12.2. The maximum absolute atomic E-state index is 15.6. The summed E-state index contributed by atoms with van der Waals surface area (Å²) < 4.78 is 68.1. The van der Waals surface area contributed by atoms with Crippen LogP contribution in [0.3, 0.4) is 0 Å². The Labute approximate surface area is 244 Å². The van der Waals surface area contributed by atoms with Crippen molar-refractivity contribution in [2.45, 2.75) is 31.5 Å². The number of alkyl halides is 3. The van der Waals surface area contributed by atoms with Crippen molar-refractivity contribution in [2.24, 2.45) is 0 Å². The molecule has 5 rings (SSSR count). The molecule has 0 spiro atoms. The number of hydrogen-bond donors (Lipinski definition) is 3. The smallest absolute Gasteiger partial charge is 0.416 e. The van der Waals surface area contributed by atoms with Crippen molar-refractivity contribution < 1.29 is 31.8 Å². The van der Waals surface area contributed by atoms with E-state index in [0.29, 0.717) is 17.2 Å². The molecule has 3 N–H and O–H groups in total. The summed E-state index contributed by atoms with van der Waals surface area (Å²) in [5.41, 5.74) is -1.16. The molecule has 1 aliphatic heterocycles. The molecule has 1 atom stereocenters. The predicted molar refractivity (Wildman–Crippen MR) is 152 cm³/mol. The van der Waals surface area contributed by atoms with Crippen molar-refractivity contribution in [3.05, 3.63) is 83.9 Å². The summed E-state index contributed by atoms with van der Waals surface area (Å²) in [6.07, 6.45) is 0.0167. The number of pyridine rings is 1. The summed E-state index contributed by atoms with van der Waals surface area (Å²) >= 11 is 0. The number of halogens is 4. The maximum Gasteiger partial charge on any atom is 0.416 e. The van der Waals surface area contributed by atoms with Gasteiger partial charge in [0.1, 0.15) is 12.4 Å². The van der Waals surface area contributed by atoms with E-state index in [2.05, 4.69) is 30.9 Å². The zero-order valence-electron chi connectivity index (χ0n) is 23.3. The Balaban J connectivity index is 1.39. The molecule has 0 unspecified atom stereocenters. The van der Waals surface area contributed by atoms with Crippen molar-refractivity contribution in [3.63, 3.8) is 0 Å². The number of amides is 1. The minimum Gasteiger partial charge on any atom is -0.492 e. The Morgan fingerprint density at radius 1 is 1.09 bits per heavy atom. The van der Waals surface area contributed by atoms with Crippen molar-refractivity contribution >= 4 is 17.5 Å². The highest BCUT2D eigenvalue weighted by atomic mass is 19.4. The number of hydrogen-bond acceptors (Lipinski definition) is 8. The molecule has 1 aliphatic rings. The summed E-state index contributed by atoms with van der Waals surface area (Å²) in [4.78, 5) is 25.7. The van der Waals surface area contributed by atoms with Crippen molar-refractivity contribution in [1.82, 2.24) is 20.3 Å². The van der Waals surface area contributed by atoms with Gasteiger partial charge in [0.25, 0.3) is 5.91 Å². The third-order valence-corrected chi connectivity index (χ3v) is 6.85. The van der Waals surface area contributed by atoms with Crippen molar-refractivity contribution in [3.8, 4) is 28.6 Å². The first-order valence-electron chi connectivity index (χ1n) is 13.4. The molecule has 1 amide bonds. The highest BCUT2D eigenvalue weighted by Gasteiger charge is 2.33. The number of benzene rings is 2. The van der Waals surface area contributed by atoms with E-state index < -0.39 is 29.0 Å². The zero-order chi connectivity index (χ0) is 30.6. The largest absolute Gasteiger partial charge is 0.492 e. The highest BCUT2D eigenvalue weighted by molar-refractivity contribution is 6.05. The fourth-order valence-corrected chi connectivity index (χ4v) is 4.60. The van der Waals surface area contributed by atoms with Gasteiger partial charge in [-0.3, -0.25) is 4.79 Å². The van der Waals surface area contributed by atoms with Crippen LogP contribution < -0.4 is 25.4 Å². The van der Waals surface area contributed by atoms with Crippen LogP contribution in [-0.2, 0) is 6.18 Å². The molecular formula is C30H28F4N6O3. The summed E-state index contributed by atoms with van der Waals surface area (Å²) in [5.74, 6) is -2.03. The van der Waals surface area contributed by atoms with E-state index in [1.807, 2.05) is 6.92 Å². The maximum atomic E-state index is 15.6. The second-order valence-electron chi connectivity index (χ2n) is 10.2. The van der Waals surface area contributed by atoms with Crippen LogP contribution in [0.5, 0.6) is 17.4 Å². The zero-order valence-corrected chi connectivity index (χ0v) is 23.3. The lowest BCUT2D eigenvalue weighted by Crippen LogP contribution is -2.42. The molecule has 0 bridgehead atoms. The molecule has 0 saturated carbocycles. The van der Waals surface area contributed by atoms with E-state index in [4.69, 9.17) is 9.47 Å². The van der Waals surface area contributed by atoms with Crippen LogP contribution in [0.25, 0.3) is 11.3 Å². The quantitative estimate of drug-likeness (QED) is 0.193. The van der Waals surface area contributed by atoms with Crippen LogP contribution in [0.15, 0.2) is 67.0 Å². The Bertz CT molecular complexity index is 1630. The summed E-state index contributed by atoms with van der Waals surface area (Å²) in [7, 11) is 1.66. The van der Waals surface area contributed by atoms with Crippen LogP contribution in [-0.4, -0.2) is 46.6 Å². The molecule has 0 radical (unpaired) electrons. The van der Waals surface area contributed by atoms with Crippen LogP contribution in [0.1, 0.15) is 35.7 Å². The molecule has 3 heterocycles. The number of anilines is 2. The average molecular weight is 597 g/mol. The SMILES string of the molecule is CNc1nccc(-c2cccnc2Oc2cccc(C(=O)Nc3cc(OC[C@]4(C)CCCN4)cc(C(F)(F)F)c3)c2F)n1. The normalized spacial score (nSPS) is 16.5. The number of nitrogens with one attached hydrogen (secondary N) is 3. The highest BCUT2D eigenvalue weighted by Crippen LogP contribution is 2.36. The molecule has 224 valence electrons. The lowest BCUT2D eigenvalue weighted by Gasteiger charge is -2.25. The summed E-state index contributed by atoms with van der Waals surface area (Å²) in [6, 6.07) is 11.7. The van der Waals surface area contributed by atoms with Gasteiger partial charge in [0.15, 0.2) is 11.6 Å². The first-order valence-corrected chi connectivity index (χ1v) is 13.4. The van der Waals surface area contributed by atoms with E-state index in [9.17, 15) is 18.0 Å². The van der Waals surface area contributed by atoms with Crippen LogP contribution in [0.4, 0.5) is 29.2 Å². The number of carbonyl (C=O) groups excluding carboxylic acids is 1. The summed E-state index contributed by atoms with van der Waals surface area (Å²) in [6.45, 7) is 2.85. The predicted octanol–water partition coefficient (Wildman–Crippen LogP) is 6.30. The third kappa shape index (κ3) is 7.00. The Hall–Kier alpha value is -4.78. The number of aromatic nitrogens is 3. The molecule has 13 heteroatoms. The minimum atomic E-state index is -4.70. The number of ether oxygens (including phenoxy) is 2. The topological polar surface area (TPSA) is 110 Å². The molecule has 4 aromatic rings. The van der Waals surface area contributed by atoms with Gasteiger partial charge in [0.05, 0.1) is 22.4 Å². The number of nitrogens with zero attached hydrogens (tertiary/aromatic N) is 3. The van der Waals surface area contributed by atoms with Gasteiger partial charge < -0.3 is 25.4 Å². The van der Waals surface area contributed by atoms with Gasteiger partial charge in [-0.2, -0.15) is 13.2 Å². The van der Waals surface area contributed by atoms with E-state index in [1.165, 1.54) is 36.7 Å². The number of rotatable bonds is 9. The standard InChI is InChI=1S/C30H28F4N6O3/c1-29(10-5-12-38-29)17-42-20-15-18(30(32,33)34)14-19(16-20)39-26(41)22-6-3-8-24(25(22)31)43-27-21(7-4-11-36-27)23-9-13-37-28(35-2)40-23/h3-4,6-9,11,13-16,38H,5,10,12,17H2,1-2H3,(H,39,41)(H,35,37,40)/t29-/m0/s1. The van der Waals surface area contributed by atoms with E-state index >= 15 is 4.39 Å².